The van der Waals surface area contributed by atoms with Crippen LogP contribution in [-0.4, -0.2) is 44.1 Å². The molecule has 29 heavy (non-hydrogen) atoms. The maximum Gasteiger partial charge on any atom is 0.325 e. The number of hydrogen-bond acceptors (Lipinski definition) is 5. The van der Waals surface area contributed by atoms with Crippen molar-refractivity contribution in [2.45, 2.75) is 12.8 Å². The molecule has 0 spiro atoms. The van der Waals surface area contributed by atoms with E-state index < -0.39 is 11.9 Å². The number of amides is 2. The number of hydrogen-bond donors (Lipinski definition) is 1. The Balaban J connectivity index is 1.36. The molecule has 1 saturated heterocycles. The Morgan fingerprint density at radius 1 is 1.03 bits per heavy atom. The van der Waals surface area contributed by atoms with Crippen LogP contribution in [0.25, 0.3) is 0 Å². The van der Waals surface area contributed by atoms with Crippen LogP contribution in [0.2, 0.25) is 5.02 Å². The summed E-state index contributed by atoms with van der Waals surface area (Å²) in [6.45, 7) is 0.706. The first-order valence-corrected chi connectivity index (χ1v) is 9.63. The molecule has 1 N–H and O–H groups in total. The highest BCUT2D eigenvalue weighted by molar-refractivity contribution is 6.30. The summed E-state index contributed by atoms with van der Waals surface area (Å²) in [5, 5.41) is 3.12. The summed E-state index contributed by atoms with van der Waals surface area (Å²) in [6.07, 6.45) is 1.39. The quantitative estimate of drug-likeness (QED) is 0.528. The lowest BCUT2D eigenvalue weighted by atomic mass is 10.2. The fraction of sp³-hybridized carbons (Fsp3) is 0.286. The molecule has 1 fully saturated rings. The Bertz CT molecular complexity index is 868. The van der Waals surface area contributed by atoms with E-state index in [-0.39, 0.29) is 25.7 Å². The first-order valence-electron chi connectivity index (χ1n) is 9.25. The summed E-state index contributed by atoms with van der Waals surface area (Å²) in [6, 6.07) is 13.5. The lowest BCUT2D eigenvalue weighted by molar-refractivity contribution is -0.143. The molecule has 1 heterocycles. The van der Waals surface area contributed by atoms with Crippen molar-refractivity contribution in [2.75, 3.05) is 31.2 Å². The van der Waals surface area contributed by atoms with E-state index in [9.17, 15) is 14.4 Å². The van der Waals surface area contributed by atoms with Crippen molar-refractivity contribution in [3.8, 4) is 5.75 Å². The summed E-state index contributed by atoms with van der Waals surface area (Å²) < 4.78 is 10.4. The number of anilines is 1. The number of ether oxygens (including phenoxy) is 2. The molecule has 1 aliphatic rings. The van der Waals surface area contributed by atoms with Gasteiger partial charge in [-0.1, -0.05) is 11.6 Å². The van der Waals surface area contributed by atoms with Crippen molar-refractivity contribution in [1.82, 2.24) is 5.32 Å². The van der Waals surface area contributed by atoms with Crippen LogP contribution < -0.4 is 15.0 Å². The first-order chi connectivity index (χ1) is 14.0. The van der Waals surface area contributed by atoms with Crippen LogP contribution in [0, 0.1) is 0 Å². The van der Waals surface area contributed by atoms with Gasteiger partial charge in [-0.3, -0.25) is 14.4 Å². The fourth-order valence-electron chi connectivity index (χ4n) is 2.87. The van der Waals surface area contributed by atoms with Crippen LogP contribution in [0.1, 0.15) is 23.2 Å². The number of benzene rings is 2. The zero-order chi connectivity index (χ0) is 20.6. The number of nitrogens with one attached hydrogen (secondary N) is 1. The number of esters is 1. The van der Waals surface area contributed by atoms with Gasteiger partial charge in [-0.05, 0) is 55.0 Å². The van der Waals surface area contributed by atoms with Gasteiger partial charge < -0.3 is 19.7 Å². The lowest BCUT2D eigenvalue weighted by Gasteiger charge is -2.15. The molecule has 0 unspecified atom stereocenters. The molecule has 0 bridgehead atoms. The van der Waals surface area contributed by atoms with Crippen molar-refractivity contribution in [2.24, 2.45) is 0 Å². The van der Waals surface area contributed by atoms with Crippen LogP contribution in [0.3, 0.4) is 0 Å². The van der Waals surface area contributed by atoms with Gasteiger partial charge in [0.2, 0.25) is 5.91 Å². The monoisotopic (exact) mass is 416 g/mol. The van der Waals surface area contributed by atoms with Gasteiger partial charge in [0.25, 0.3) is 5.91 Å². The predicted octanol–water partition coefficient (Wildman–Crippen LogP) is 2.82. The largest absolute Gasteiger partial charge is 0.490 e. The molecule has 7 nitrogen and oxygen atoms in total. The van der Waals surface area contributed by atoms with Crippen LogP contribution in [0.15, 0.2) is 48.5 Å². The normalized spacial score (nSPS) is 13.3. The van der Waals surface area contributed by atoms with Crippen molar-refractivity contribution in [3.05, 3.63) is 59.1 Å². The van der Waals surface area contributed by atoms with E-state index >= 15 is 0 Å². The average molecular weight is 417 g/mol. The molecule has 0 radical (unpaired) electrons. The van der Waals surface area contributed by atoms with E-state index in [1.54, 1.807) is 53.4 Å². The van der Waals surface area contributed by atoms with Gasteiger partial charge >= 0.3 is 5.97 Å². The van der Waals surface area contributed by atoms with Gasteiger partial charge in [-0.25, -0.2) is 0 Å². The smallest absolute Gasteiger partial charge is 0.325 e. The van der Waals surface area contributed by atoms with Gasteiger partial charge in [0.05, 0.1) is 0 Å². The molecule has 0 aromatic heterocycles. The van der Waals surface area contributed by atoms with Crippen molar-refractivity contribution in [3.63, 3.8) is 0 Å². The Labute approximate surface area is 173 Å². The Hall–Kier alpha value is -3.06. The van der Waals surface area contributed by atoms with Crippen LogP contribution in [0.4, 0.5) is 5.69 Å². The summed E-state index contributed by atoms with van der Waals surface area (Å²) in [5.41, 5.74) is 1.17. The van der Waals surface area contributed by atoms with Crippen LogP contribution in [-0.2, 0) is 14.3 Å². The third kappa shape index (κ3) is 5.96. The molecule has 8 heteroatoms. The standard InChI is InChI=1S/C21H21ClN2O5/c22-16-5-9-18(10-6-16)28-12-13-29-20(26)14-23-21(27)15-3-7-17(8-4-15)24-11-1-2-19(24)25/h3-10H,1-2,11-14H2,(H,23,27). The molecule has 3 rings (SSSR count). The van der Waals surface area contributed by atoms with E-state index in [0.29, 0.717) is 29.3 Å². The van der Waals surface area contributed by atoms with Gasteiger partial charge in [-0.15, -0.1) is 0 Å². The van der Waals surface area contributed by atoms with Gasteiger partial charge in [0.1, 0.15) is 25.5 Å². The SMILES string of the molecule is O=C(CNC(=O)c1ccc(N2CCCC2=O)cc1)OCCOc1ccc(Cl)cc1. The summed E-state index contributed by atoms with van der Waals surface area (Å²) in [4.78, 5) is 37.4. The minimum Gasteiger partial charge on any atom is -0.490 e. The highest BCUT2D eigenvalue weighted by Crippen LogP contribution is 2.21. The second-order valence-electron chi connectivity index (χ2n) is 6.40. The molecule has 152 valence electrons. The Morgan fingerprint density at radius 3 is 2.41 bits per heavy atom. The second-order valence-corrected chi connectivity index (χ2v) is 6.84. The van der Waals surface area contributed by atoms with E-state index in [1.807, 2.05) is 0 Å². The Morgan fingerprint density at radius 2 is 1.76 bits per heavy atom. The van der Waals surface area contributed by atoms with Crippen molar-refractivity contribution >= 4 is 35.1 Å². The van der Waals surface area contributed by atoms with E-state index in [2.05, 4.69) is 5.32 Å². The topological polar surface area (TPSA) is 84.9 Å². The van der Waals surface area contributed by atoms with Gasteiger partial charge in [0.15, 0.2) is 0 Å². The average Bonchev–Trinajstić information content (AvgIpc) is 3.16. The highest BCUT2D eigenvalue weighted by atomic mass is 35.5. The van der Waals surface area contributed by atoms with E-state index in [0.717, 1.165) is 12.1 Å². The zero-order valence-electron chi connectivity index (χ0n) is 15.7. The third-order valence-electron chi connectivity index (χ3n) is 4.34. The molecular weight excluding hydrogens is 396 g/mol. The van der Waals surface area contributed by atoms with E-state index in [4.69, 9.17) is 21.1 Å². The molecule has 0 saturated carbocycles. The minimum atomic E-state index is -0.558. The third-order valence-corrected chi connectivity index (χ3v) is 4.59. The maximum atomic E-state index is 12.2. The molecule has 2 amide bonds. The molecule has 1 aliphatic heterocycles. The van der Waals surface area contributed by atoms with Crippen molar-refractivity contribution in [1.29, 1.82) is 0 Å². The number of halogens is 1. The minimum absolute atomic E-state index is 0.0654. The van der Waals surface area contributed by atoms with Gasteiger partial charge in [-0.2, -0.15) is 0 Å². The molecular formula is C21H21ClN2O5. The fourth-order valence-corrected chi connectivity index (χ4v) is 2.99. The van der Waals surface area contributed by atoms with Gasteiger partial charge in [0, 0.05) is 29.2 Å². The predicted molar refractivity (Wildman–Crippen MR) is 108 cm³/mol. The highest BCUT2D eigenvalue weighted by Gasteiger charge is 2.21. The van der Waals surface area contributed by atoms with E-state index in [1.165, 1.54) is 0 Å². The number of rotatable bonds is 8. The maximum absolute atomic E-state index is 12.2. The second kappa shape index (κ2) is 9.93. The molecule has 2 aromatic rings. The molecule has 0 atom stereocenters. The summed E-state index contributed by atoms with van der Waals surface area (Å²) in [5.74, 6) is -0.237. The number of carbonyl (C=O) groups excluding carboxylic acids is 3. The Kier molecular flexibility index (Phi) is 7.08. The van der Waals surface area contributed by atoms with Crippen LogP contribution >= 0.6 is 11.6 Å². The summed E-state index contributed by atoms with van der Waals surface area (Å²) >= 11 is 5.79. The molecule has 2 aromatic carbocycles. The lowest BCUT2D eigenvalue weighted by Crippen LogP contribution is -2.31. The summed E-state index contributed by atoms with van der Waals surface area (Å²) in [7, 11) is 0. The number of carbonyl (C=O) groups is 3. The number of nitrogens with zero attached hydrogens (tertiary/aromatic N) is 1. The van der Waals surface area contributed by atoms with Crippen LogP contribution in [0.5, 0.6) is 5.75 Å². The molecule has 0 aliphatic carbocycles. The first kappa shape index (κ1) is 20.7. The van der Waals surface area contributed by atoms with Crippen molar-refractivity contribution < 1.29 is 23.9 Å². The zero-order valence-corrected chi connectivity index (χ0v) is 16.5.